The van der Waals surface area contributed by atoms with E-state index in [0.29, 0.717) is 25.5 Å². The fourth-order valence-electron chi connectivity index (χ4n) is 1.51. The van der Waals surface area contributed by atoms with E-state index in [0.717, 1.165) is 12.5 Å². The molecule has 0 aromatic heterocycles. The molecule has 0 bridgehead atoms. The molecule has 0 aliphatic heterocycles. The fraction of sp³-hybridized carbons (Fsp3) is 0.455. The molecule has 2 nitrogen and oxygen atoms in total. The largest absolute Gasteiger partial charge is 0.330 e. The molecule has 0 amide bonds. The van der Waals surface area contributed by atoms with Crippen LogP contribution in [0.25, 0.3) is 0 Å². The summed E-state index contributed by atoms with van der Waals surface area (Å²) in [5, 5.41) is 0. The maximum atomic E-state index is 13.3. The predicted octanol–water partition coefficient (Wildman–Crippen LogP) is 2.23. The number of rotatable bonds is 5. The summed E-state index contributed by atoms with van der Waals surface area (Å²) in [6, 6.07) is 0.744. The van der Waals surface area contributed by atoms with Gasteiger partial charge < -0.3 is 11.5 Å². The molecule has 0 fully saturated rings. The molecule has 1 atom stereocenters. The van der Waals surface area contributed by atoms with Crippen LogP contribution >= 0.6 is 0 Å². The molecule has 0 saturated heterocycles. The highest BCUT2D eigenvalue weighted by Crippen LogP contribution is 2.22. The molecular formula is C11H15F3N2. The average Bonchev–Trinajstić information content (AvgIpc) is 2.23. The monoisotopic (exact) mass is 232 g/mol. The Morgan fingerprint density at radius 2 is 1.81 bits per heavy atom. The van der Waals surface area contributed by atoms with E-state index in [2.05, 4.69) is 0 Å². The second-order valence-corrected chi connectivity index (χ2v) is 3.68. The zero-order chi connectivity index (χ0) is 12.1. The minimum absolute atomic E-state index is 0.116. The molecule has 0 aliphatic rings. The van der Waals surface area contributed by atoms with Gasteiger partial charge in [-0.1, -0.05) is 6.42 Å². The van der Waals surface area contributed by atoms with Gasteiger partial charge in [0.1, 0.15) is 5.82 Å². The Labute approximate surface area is 92.4 Å². The fourth-order valence-corrected chi connectivity index (χ4v) is 1.51. The highest BCUT2D eigenvalue weighted by atomic mass is 19.2. The third-order valence-electron chi connectivity index (χ3n) is 2.39. The van der Waals surface area contributed by atoms with Gasteiger partial charge in [0.25, 0.3) is 0 Å². The van der Waals surface area contributed by atoms with Gasteiger partial charge in [0.2, 0.25) is 0 Å². The van der Waals surface area contributed by atoms with Crippen LogP contribution in [0.2, 0.25) is 0 Å². The van der Waals surface area contributed by atoms with Crippen molar-refractivity contribution in [2.45, 2.75) is 25.3 Å². The van der Waals surface area contributed by atoms with Crippen LogP contribution in [0.5, 0.6) is 0 Å². The quantitative estimate of drug-likeness (QED) is 0.604. The Morgan fingerprint density at radius 3 is 2.44 bits per heavy atom. The van der Waals surface area contributed by atoms with Gasteiger partial charge in [-0.3, -0.25) is 0 Å². The summed E-state index contributed by atoms with van der Waals surface area (Å²) in [7, 11) is 0. The standard InChI is InChI=1S/C11H15F3N2/c12-7-5-8(11(14)9(13)6-7)10(16)3-1-2-4-15/h5-6,10H,1-4,15-16H2/t10-/m0/s1. The summed E-state index contributed by atoms with van der Waals surface area (Å²) in [6.07, 6.45) is 1.92. The van der Waals surface area contributed by atoms with E-state index in [-0.39, 0.29) is 5.56 Å². The molecule has 5 heteroatoms. The Morgan fingerprint density at radius 1 is 1.12 bits per heavy atom. The molecule has 0 spiro atoms. The Hall–Kier alpha value is -1.07. The molecule has 0 unspecified atom stereocenters. The molecule has 1 rings (SSSR count). The van der Waals surface area contributed by atoms with Crippen LogP contribution in [0.1, 0.15) is 30.9 Å². The Kier molecular flexibility index (Phi) is 4.76. The smallest absolute Gasteiger partial charge is 0.163 e. The topological polar surface area (TPSA) is 52.0 Å². The summed E-state index contributed by atoms with van der Waals surface area (Å²) in [5.41, 5.74) is 10.8. The van der Waals surface area contributed by atoms with E-state index in [1.54, 1.807) is 0 Å². The summed E-state index contributed by atoms with van der Waals surface area (Å²) in [5.74, 6) is -3.09. The zero-order valence-electron chi connectivity index (χ0n) is 8.85. The van der Waals surface area contributed by atoms with E-state index in [1.807, 2.05) is 0 Å². The number of hydrogen-bond donors (Lipinski definition) is 2. The molecule has 0 radical (unpaired) electrons. The maximum absolute atomic E-state index is 13.3. The van der Waals surface area contributed by atoms with E-state index < -0.39 is 23.5 Å². The van der Waals surface area contributed by atoms with E-state index in [9.17, 15) is 13.2 Å². The number of halogens is 3. The van der Waals surface area contributed by atoms with Crippen molar-refractivity contribution in [2.24, 2.45) is 11.5 Å². The van der Waals surface area contributed by atoms with Crippen molar-refractivity contribution >= 4 is 0 Å². The highest BCUT2D eigenvalue weighted by Gasteiger charge is 2.16. The Balaban J connectivity index is 2.78. The van der Waals surface area contributed by atoms with E-state index in [4.69, 9.17) is 11.5 Å². The lowest BCUT2D eigenvalue weighted by atomic mass is 10.0. The number of benzene rings is 1. The third kappa shape index (κ3) is 3.21. The van der Waals surface area contributed by atoms with Crippen LogP contribution in [0.4, 0.5) is 13.2 Å². The molecule has 4 N–H and O–H groups in total. The average molecular weight is 232 g/mol. The minimum atomic E-state index is -1.20. The summed E-state index contributed by atoms with van der Waals surface area (Å²) < 4.78 is 39.1. The molecule has 0 saturated carbocycles. The van der Waals surface area contributed by atoms with Crippen LogP contribution in [-0.2, 0) is 0 Å². The first-order valence-corrected chi connectivity index (χ1v) is 5.16. The first kappa shape index (κ1) is 13.0. The number of hydrogen-bond acceptors (Lipinski definition) is 2. The van der Waals surface area contributed by atoms with Crippen molar-refractivity contribution in [1.29, 1.82) is 0 Å². The SMILES string of the molecule is NCCCC[C@H](N)c1cc(F)cc(F)c1F. The van der Waals surface area contributed by atoms with Crippen LogP contribution in [0.3, 0.4) is 0 Å². The molecular weight excluding hydrogens is 217 g/mol. The maximum Gasteiger partial charge on any atom is 0.163 e. The first-order chi connectivity index (χ1) is 7.56. The first-order valence-electron chi connectivity index (χ1n) is 5.16. The number of nitrogens with two attached hydrogens (primary N) is 2. The van der Waals surface area contributed by atoms with Crippen LogP contribution < -0.4 is 11.5 Å². The minimum Gasteiger partial charge on any atom is -0.330 e. The molecule has 1 aromatic rings. The van der Waals surface area contributed by atoms with Crippen LogP contribution in [-0.4, -0.2) is 6.54 Å². The lowest BCUT2D eigenvalue weighted by molar-refractivity contribution is 0.466. The van der Waals surface area contributed by atoms with Crippen molar-refractivity contribution in [3.63, 3.8) is 0 Å². The van der Waals surface area contributed by atoms with Gasteiger partial charge in [0.05, 0.1) is 0 Å². The van der Waals surface area contributed by atoms with Gasteiger partial charge in [-0.15, -0.1) is 0 Å². The van der Waals surface area contributed by atoms with Crippen molar-refractivity contribution in [3.05, 3.63) is 35.1 Å². The van der Waals surface area contributed by atoms with Crippen LogP contribution in [0.15, 0.2) is 12.1 Å². The lowest BCUT2D eigenvalue weighted by Gasteiger charge is -2.13. The van der Waals surface area contributed by atoms with Gasteiger partial charge in [0, 0.05) is 17.7 Å². The van der Waals surface area contributed by atoms with Gasteiger partial charge in [-0.2, -0.15) is 0 Å². The molecule has 1 aromatic carbocycles. The van der Waals surface area contributed by atoms with Gasteiger partial charge >= 0.3 is 0 Å². The zero-order valence-corrected chi connectivity index (χ0v) is 8.85. The summed E-state index contributed by atoms with van der Waals surface area (Å²) >= 11 is 0. The molecule has 0 aliphatic carbocycles. The second-order valence-electron chi connectivity index (χ2n) is 3.68. The molecule has 0 heterocycles. The van der Waals surface area contributed by atoms with E-state index in [1.165, 1.54) is 0 Å². The summed E-state index contributed by atoms with van der Waals surface area (Å²) in [4.78, 5) is 0. The molecule has 16 heavy (non-hydrogen) atoms. The number of unbranched alkanes of at least 4 members (excludes halogenated alkanes) is 1. The van der Waals surface area contributed by atoms with Crippen molar-refractivity contribution in [1.82, 2.24) is 0 Å². The van der Waals surface area contributed by atoms with Crippen molar-refractivity contribution < 1.29 is 13.2 Å². The Bertz CT molecular complexity index is 355. The highest BCUT2D eigenvalue weighted by molar-refractivity contribution is 5.23. The lowest BCUT2D eigenvalue weighted by Crippen LogP contribution is -2.14. The normalized spacial score (nSPS) is 12.8. The van der Waals surface area contributed by atoms with Crippen molar-refractivity contribution in [3.8, 4) is 0 Å². The van der Waals surface area contributed by atoms with Gasteiger partial charge in [-0.05, 0) is 25.5 Å². The summed E-state index contributed by atoms with van der Waals surface area (Å²) in [6.45, 7) is 0.521. The van der Waals surface area contributed by atoms with E-state index >= 15 is 0 Å². The molecule has 90 valence electrons. The van der Waals surface area contributed by atoms with Gasteiger partial charge in [-0.25, -0.2) is 13.2 Å². The van der Waals surface area contributed by atoms with Gasteiger partial charge in [0.15, 0.2) is 11.6 Å². The van der Waals surface area contributed by atoms with Crippen molar-refractivity contribution in [2.75, 3.05) is 6.54 Å². The third-order valence-corrected chi connectivity index (χ3v) is 2.39. The predicted molar refractivity (Wildman–Crippen MR) is 56.1 cm³/mol. The second kappa shape index (κ2) is 5.86. The van der Waals surface area contributed by atoms with Crippen LogP contribution in [0, 0.1) is 17.5 Å².